The van der Waals surface area contributed by atoms with Gasteiger partial charge >= 0.3 is 0 Å². The van der Waals surface area contributed by atoms with Gasteiger partial charge in [-0.2, -0.15) is 0 Å². The van der Waals surface area contributed by atoms with Crippen molar-refractivity contribution in [1.29, 1.82) is 0 Å². The minimum Gasteiger partial charge on any atom is -0.439 e. The van der Waals surface area contributed by atoms with Crippen LogP contribution in [0.4, 0.5) is 0 Å². The molecule has 1 aromatic heterocycles. The third-order valence-corrected chi connectivity index (χ3v) is 2.78. The van der Waals surface area contributed by atoms with E-state index in [0.717, 1.165) is 23.4 Å². The molecule has 1 aromatic carbocycles. The average Bonchev–Trinajstić information content (AvgIpc) is 2.39. The number of aromatic nitrogens is 1. The van der Waals surface area contributed by atoms with Gasteiger partial charge in [0.15, 0.2) is 0 Å². The molecular formula is C15H18N2O. The molecule has 1 heterocycles. The summed E-state index contributed by atoms with van der Waals surface area (Å²) in [6.45, 7) is 4.56. The zero-order valence-electron chi connectivity index (χ0n) is 10.8. The number of ether oxygens (including phenoxy) is 1. The number of pyridine rings is 1. The van der Waals surface area contributed by atoms with E-state index in [-0.39, 0.29) is 0 Å². The first-order valence-corrected chi connectivity index (χ1v) is 6.15. The summed E-state index contributed by atoms with van der Waals surface area (Å²) in [5.41, 5.74) is 8.87. The smallest absolute Gasteiger partial charge is 0.219 e. The predicted molar refractivity (Wildman–Crippen MR) is 72.8 cm³/mol. The van der Waals surface area contributed by atoms with E-state index in [9.17, 15) is 0 Å². The summed E-state index contributed by atoms with van der Waals surface area (Å²) in [6.07, 6.45) is 1.03. The molecule has 0 aliphatic carbocycles. The Morgan fingerprint density at radius 2 is 1.83 bits per heavy atom. The van der Waals surface area contributed by atoms with Crippen LogP contribution in [0.25, 0.3) is 0 Å². The molecule has 2 aromatic rings. The van der Waals surface area contributed by atoms with Crippen molar-refractivity contribution in [3.8, 4) is 11.6 Å². The minimum absolute atomic E-state index is 0.495. The normalized spacial score (nSPS) is 10.4. The first-order chi connectivity index (χ1) is 8.71. The van der Waals surface area contributed by atoms with Crippen molar-refractivity contribution in [3.05, 3.63) is 53.2 Å². The SMILES string of the molecule is CCc1ccc(Oc2cc(CN)cc(C)n2)cc1. The van der Waals surface area contributed by atoms with Crippen molar-refractivity contribution in [3.63, 3.8) is 0 Å². The van der Waals surface area contributed by atoms with E-state index in [1.807, 2.05) is 31.2 Å². The summed E-state index contributed by atoms with van der Waals surface area (Å²) in [5, 5.41) is 0. The summed E-state index contributed by atoms with van der Waals surface area (Å²) in [6, 6.07) is 11.9. The summed E-state index contributed by atoms with van der Waals surface area (Å²) in [5.74, 6) is 1.40. The second-order valence-electron chi connectivity index (χ2n) is 4.26. The molecule has 3 nitrogen and oxygen atoms in total. The van der Waals surface area contributed by atoms with Crippen molar-refractivity contribution in [2.24, 2.45) is 5.73 Å². The molecule has 2 rings (SSSR count). The van der Waals surface area contributed by atoms with E-state index in [0.29, 0.717) is 12.4 Å². The Bertz CT molecular complexity index is 521. The largest absolute Gasteiger partial charge is 0.439 e. The molecule has 0 saturated carbocycles. The molecule has 0 amide bonds. The van der Waals surface area contributed by atoms with Gasteiger partial charge in [-0.3, -0.25) is 0 Å². The average molecular weight is 242 g/mol. The lowest BCUT2D eigenvalue weighted by Gasteiger charge is -2.08. The number of aryl methyl sites for hydroxylation is 2. The fourth-order valence-corrected chi connectivity index (χ4v) is 1.79. The van der Waals surface area contributed by atoms with Crippen molar-refractivity contribution in [2.45, 2.75) is 26.8 Å². The Morgan fingerprint density at radius 1 is 1.11 bits per heavy atom. The zero-order chi connectivity index (χ0) is 13.0. The summed E-state index contributed by atoms with van der Waals surface area (Å²) in [7, 11) is 0. The summed E-state index contributed by atoms with van der Waals surface area (Å²) >= 11 is 0. The van der Waals surface area contributed by atoms with Gasteiger partial charge in [-0.25, -0.2) is 4.98 Å². The number of nitrogens with two attached hydrogens (primary N) is 1. The second-order valence-corrected chi connectivity index (χ2v) is 4.26. The molecule has 18 heavy (non-hydrogen) atoms. The molecule has 0 aliphatic rings. The van der Waals surface area contributed by atoms with Crippen LogP contribution in [0.15, 0.2) is 36.4 Å². The molecule has 0 aliphatic heterocycles. The number of nitrogens with zero attached hydrogens (tertiary/aromatic N) is 1. The van der Waals surface area contributed by atoms with Crippen molar-refractivity contribution >= 4 is 0 Å². The van der Waals surface area contributed by atoms with Gasteiger partial charge in [0.2, 0.25) is 5.88 Å². The number of hydrogen-bond donors (Lipinski definition) is 1. The van der Waals surface area contributed by atoms with Crippen molar-refractivity contribution in [1.82, 2.24) is 4.98 Å². The Hall–Kier alpha value is -1.87. The summed E-state index contributed by atoms with van der Waals surface area (Å²) in [4.78, 5) is 4.34. The third kappa shape index (κ3) is 3.08. The van der Waals surface area contributed by atoms with E-state index in [1.54, 1.807) is 0 Å². The first kappa shape index (κ1) is 12.6. The molecule has 2 N–H and O–H groups in total. The lowest BCUT2D eigenvalue weighted by atomic mass is 10.2. The van der Waals surface area contributed by atoms with Crippen LogP contribution in [-0.2, 0) is 13.0 Å². The molecule has 0 unspecified atom stereocenters. The number of rotatable bonds is 4. The van der Waals surface area contributed by atoms with Gasteiger partial charge in [-0.1, -0.05) is 19.1 Å². The van der Waals surface area contributed by atoms with E-state index in [2.05, 4.69) is 24.0 Å². The van der Waals surface area contributed by atoms with Crippen LogP contribution >= 0.6 is 0 Å². The maximum absolute atomic E-state index is 5.73. The highest BCUT2D eigenvalue weighted by Crippen LogP contribution is 2.21. The Kier molecular flexibility index (Phi) is 3.95. The Labute approximate surface area is 108 Å². The lowest BCUT2D eigenvalue weighted by molar-refractivity contribution is 0.460. The highest BCUT2D eigenvalue weighted by atomic mass is 16.5. The monoisotopic (exact) mass is 242 g/mol. The fraction of sp³-hybridized carbons (Fsp3) is 0.267. The molecule has 0 radical (unpaired) electrons. The predicted octanol–water partition coefficient (Wildman–Crippen LogP) is 3.20. The van der Waals surface area contributed by atoms with Crippen LogP contribution < -0.4 is 10.5 Å². The molecular weight excluding hydrogens is 224 g/mol. The maximum atomic E-state index is 5.73. The molecule has 0 atom stereocenters. The second kappa shape index (κ2) is 5.65. The standard InChI is InChI=1S/C15H18N2O/c1-3-12-4-6-14(7-5-12)18-15-9-13(10-16)8-11(2)17-15/h4-9H,3,10,16H2,1-2H3. The quantitative estimate of drug-likeness (QED) is 0.895. The summed E-state index contributed by atoms with van der Waals surface area (Å²) < 4.78 is 5.73. The molecule has 0 fully saturated rings. The van der Waals surface area contributed by atoms with Gasteiger partial charge in [0.25, 0.3) is 0 Å². The van der Waals surface area contributed by atoms with E-state index in [4.69, 9.17) is 10.5 Å². The minimum atomic E-state index is 0.495. The highest BCUT2D eigenvalue weighted by Gasteiger charge is 2.02. The van der Waals surface area contributed by atoms with Crippen LogP contribution in [0.3, 0.4) is 0 Å². The van der Waals surface area contributed by atoms with Crippen LogP contribution in [0, 0.1) is 6.92 Å². The van der Waals surface area contributed by atoms with E-state index < -0.39 is 0 Å². The Balaban J connectivity index is 2.19. The van der Waals surface area contributed by atoms with Crippen LogP contribution in [0.2, 0.25) is 0 Å². The van der Waals surface area contributed by atoms with Gasteiger partial charge < -0.3 is 10.5 Å². The fourth-order valence-electron chi connectivity index (χ4n) is 1.79. The topological polar surface area (TPSA) is 48.1 Å². The van der Waals surface area contributed by atoms with Gasteiger partial charge in [-0.15, -0.1) is 0 Å². The van der Waals surface area contributed by atoms with Gasteiger partial charge in [-0.05, 0) is 42.7 Å². The molecule has 0 bridgehead atoms. The van der Waals surface area contributed by atoms with Gasteiger partial charge in [0.05, 0.1) is 0 Å². The first-order valence-electron chi connectivity index (χ1n) is 6.15. The molecule has 0 saturated heterocycles. The van der Waals surface area contributed by atoms with E-state index >= 15 is 0 Å². The van der Waals surface area contributed by atoms with Crippen LogP contribution in [0.1, 0.15) is 23.7 Å². The van der Waals surface area contributed by atoms with E-state index in [1.165, 1.54) is 5.56 Å². The van der Waals surface area contributed by atoms with Crippen molar-refractivity contribution < 1.29 is 4.74 Å². The lowest BCUT2D eigenvalue weighted by Crippen LogP contribution is -1.99. The molecule has 3 heteroatoms. The van der Waals surface area contributed by atoms with Crippen LogP contribution in [-0.4, -0.2) is 4.98 Å². The third-order valence-electron chi connectivity index (χ3n) is 2.78. The molecule has 0 spiro atoms. The van der Waals surface area contributed by atoms with Crippen LogP contribution in [0.5, 0.6) is 11.6 Å². The maximum Gasteiger partial charge on any atom is 0.219 e. The Morgan fingerprint density at radius 3 is 2.44 bits per heavy atom. The molecule has 94 valence electrons. The van der Waals surface area contributed by atoms with Crippen molar-refractivity contribution in [2.75, 3.05) is 0 Å². The number of benzene rings is 1. The van der Waals surface area contributed by atoms with Gasteiger partial charge in [0.1, 0.15) is 5.75 Å². The zero-order valence-corrected chi connectivity index (χ0v) is 10.8. The highest BCUT2D eigenvalue weighted by molar-refractivity contribution is 5.32. The number of hydrogen-bond acceptors (Lipinski definition) is 3. The van der Waals surface area contributed by atoms with Gasteiger partial charge in [0, 0.05) is 18.3 Å².